The van der Waals surface area contributed by atoms with Crippen molar-refractivity contribution in [2.24, 2.45) is 4.99 Å². The van der Waals surface area contributed by atoms with Crippen LogP contribution in [0.2, 0.25) is 0 Å². The molecule has 0 saturated carbocycles. The Morgan fingerprint density at radius 2 is 1.86 bits per heavy atom. The van der Waals surface area contributed by atoms with Gasteiger partial charge in [0.2, 0.25) is 5.91 Å². The van der Waals surface area contributed by atoms with Crippen molar-refractivity contribution in [1.82, 2.24) is 25.3 Å². The minimum Gasteiger partial charge on any atom is -0.357 e. The number of aryl methyl sites for hydroxylation is 1. The van der Waals surface area contributed by atoms with Gasteiger partial charge in [-0.1, -0.05) is 30.3 Å². The Balaban J connectivity index is 0.00000392. The maximum atomic E-state index is 11.8. The van der Waals surface area contributed by atoms with Crippen LogP contribution in [-0.4, -0.2) is 53.7 Å². The fourth-order valence-corrected chi connectivity index (χ4v) is 2.69. The van der Waals surface area contributed by atoms with E-state index in [4.69, 9.17) is 0 Å². The van der Waals surface area contributed by atoms with Crippen LogP contribution >= 0.6 is 24.0 Å². The molecule has 0 unspecified atom stereocenters. The zero-order valence-corrected chi connectivity index (χ0v) is 19.7. The summed E-state index contributed by atoms with van der Waals surface area (Å²) < 4.78 is 2.02. The van der Waals surface area contributed by atoms with Crippen LogP contribution in [0, 0.1) is 13.8 Å². The summed E-state index contributed by atoms with van der Waals surface area (Å²) in [5, 5.41) is 10.9. The highest BCUT2D eigenvalue weighted by molar-refractivity contribution is 14.0. The van der Waals surface area contributed by atoms with E-state index in [1.807, 2.05) is 36.7 Å². The highest BCUT2D eigenvalue weighted by atomic mass is 127. The number of benzene rings is 1. The molecule has 1 amide bonds. The van der Waals surface area contributed by atoms with E-state index in [1.54, 1.807) is 19.0 Å². The number of aromatic nitrogens is 2. The first-order valence-electron chi connectivity index (χ1n) is 9.21. The number of halogens is 1. The van der Waals surface area contributed by atoms with Gasteiger partial charge in [-0.15, -0.1) is 24.0 Å². The van der Waals surface area contributed by atoms with Crippen molar-refractivity contribution >= 4 is 35.8 Å². The van der Waals surface area contributed by atoms with Crippen LogP contribution in [0.5, 0.6) is 0 Å². The first-order valence-corrected chi connectivity index (χ1v) is 9.21. The molecule has 8 heteroatoms. The summed E-state index contributed by atoms with van der Waals surface area (Å²) in [4.78, 5) is 18.0. The van der Waals surface area contributed by atoms with E-state index in [9.17, 15) is 4.79 Å². The number of hydrogen-bond acceptors (Lipinski definition) is 3. The van der Waals surface area contributed by atoms with Crippen molar-refractivity contribution < 1.29 is 4.79 Å². The third-order valence-electron chi connectivity index (χ3n) is 4.35. The lowest BCUT2D eigenvalue weighted by Crippen LogP contribution is -2.42. The van der Waals surface area contributed by atoms with E-state index in [0.29, 0.717) is 12.5 Å². The van der Waals surface area contributed by atoms with Gasteiger partial charge in [-0.3, -0.25) is 9.48 Å². The normalized spacial score (nSPS) is 11.0. The van der Waals surface area contributed by atoms with Crippen LogP contribution in [0.15, 0.2) is 35.3 Å². The predicted octanol–water partition coefficient (Wildman–Crippen LogP) is 2.31. The number of likely N-dealkylation sites (N-methyl/N-ethyl adjacent to an activating group) is 1. The predicted molar refractivity (Wildman–Crippen MR) is 124 cm³/mol. The Bertz CT molecular complexity index is 785. The Labute approximate surface area is 184 Å². The molecule has 0 atom stereocenters. The largest absolute Gasteiger partial charge is 0.357 e. The molecule has 0 saturated heterocycles. The van der Waals surface area contributed by atoms with E-state index in [2.05, 4.69) is 39.8 Å². The number of hydrogen-bond donors (Lipinski definition) is 2. The smallest absolute Gasteiger partial charge is 0.241 e. The topological polar surface area (TPSA) is 74.5 Å². The standard InChI is InChI=1S/C20H30N6O.HI/c1-6-21-20(23-13-19(27)25(4)5)22-12-18-15(2)24-26(16(18)3)14-17-10-8-7-9-11-17;/h7-11H,6,12-14H2,1-5H3,(H2,21,22,23);1H. The molecule has 1 heterocycles. The third-order valence-corrected chi connectivity index (χ3v) is 4.35. The molecule has 2 N–H and O–H groups in total. The van der Waals surface area contributed by atoms with Gasteiger partial charge in [-0.05, 0) is 26.3 Å². The van der Waals surface area contributed by atoms with Crippen molar-refractivity contribution in [3.63, 3.8) is 0 Å². The van der Waals surface area contributed by atoms with Crippen molar-refractivity contribution in [3.8, 4) is 0 Å². The molecular formula is C20H31IN6O. The minimum absolute atomic E-state index is 0. The number of carbonyl (C=O) groups excluding carboxylic acids is 1. The van der Waals surface area contributed by atoms with Gasteiger partial charge in [0.1, 0.15) is 0 Å². The van der Waals surface area contributed by atoms with Crippen LogP contribution < -0.4 is 10.6 Å². The van der Waals surface area contributed by atoms with Gasteiger partial charge in [-0.25, -0.2) is 4.99 Å². The zero-order valence-electron chi connectivity index (χ0n) is 17.3. The van der Waals surface area contributed by atoms with Gasteiger partial charge >= 0.3 is 0 Å². The van der Waals surface area contributed by atoms with E-state index in [0.717, 1.165) is 30.0 Å². The molecule has 0 aliphatic rings. The average molecular weight is 498 g/mol. The molecule has 0 aliphatic heterocycles. The highest BCUT2D eigenvalue weighted by Crippen LogP contribution is 2.15. The Morgan fingerprint density at radius 1 is 1.18 bits per heavy atom. The number of nitrogens with zero attached hydrogens (tertiary/aromatic N) is 4. The van der Waals surface area contributed by atoms with Crippen LogP contribution in [0.25, 0.3) is 0 Å². The summed E-state index contributed by atoms with van der Waals surface area (Å²) in [6, 6.07) is 10.3. The van der Waals surface area contributed by atoms with Crippen LogP contribution in [0.3, 0.4) is 0 Å². The van der Waals surface area contributed by atoms with Gasteiger partial charge in [-0.2, -0.15) is 5.10 Å². The maximum Gasteiger partial charge on any atom is 0.241 e. The van der Waals surface area contributed by atoms with Crippen LogP contribution in [-0.2, 0) is 17.9 Å². The fourth-order valence-electron chi connectivity index (χ4n) is 2.69. The lowest BCUT2D eigenvalue weighted by Gasteiger charge is -2.14. The van der Waals surface area contributed by atoms with Crippen molar-refractivity contribution in [2.75, 3.05) is 27.2 Å². The molecule has 28 heavy (non-hydrogen) atoms. The fraction of sp³-hybridized carbons (Fsp3) is 0.450. The summed E-state index contributed by atoms with van der Waals surface area (Å²) in [7, 11) is 3.48. The van der Waals surface area contributed by atoms with Crippen molar-refractivity contribution in [3.05, 3.63) is 52.8 Å². The Morgan fingerprint density at radius 3 is 2.46 bits per heavy atom. The SMILES string of the molecule is CCNC(=NCc1c(C)nn(Cc2ccccc2)c1C)NCC(=O)N(C)C.I. The zero-order chi connectivity index (χ0) is 19.8. The molecule has 2 rings (SSSR count). The van der Waals surface area contributed by atoms with Gasteiger partial charge < -0.3 is 15.5 Å². The van der Waals surface area contributed by atoms with Gasteiger partial charge in [0.25, 0.3) is 0 Å². The highest BCUT2D eigenvalue weighted by Gasteiger charge is 2.12. The molecule has 0 fully saturated rings. The maximum absolute atomic E-state index is 11.8. The van der Waals surface area contributed by atoms with Crippen molar-refractivity contribution in [1.29, 1.82) is 0 Å². The molecule has 1 aromatic heterocycles. The van der Waals surface area contributed by atoms with E-state index >= 15 is 0 Å². The quantitative estimate of drug-likeness (QED) is 0.349. The van der Waals surface area contributed by atoms with Gasteiger partial charge in [0, 0.05) is 31.9 Å². The number of aliphatic imine (C=N–C) groups is 1. The summed E-state index contributed by atoms with van der Waals surface area (Å²) in [6.07, 6.45) is 0. The average Bonchev–Trinajstić information content (AvgIpc) is 2.91. The van der Waals surface area contributed by atoms with E-state index < -0.39 is 0 Å². The monoisotopic (exact) mass is 498 g/mol. The second-order valence-corrected chi connectivity index (χ2v) is 6.63. The van der Waals surface area contributed by atoms with Crippen LogP contribution in [0.4, 0.5) is 0 Å². The summed E-state index contributed by atoms with van der Waals surface area (Å²) in [6.45, 7) is 8.28. The van der Waals surface area contributed by atoms with Gasteiger partial charge in [0.15, 0.2) is 5.96 Å². The summed E-state index contributed by atoms with van der Waals surface area (Å²) >= 11 is 0. The number of guanidine groups is 1. The first kappa shape index (κ1) is 23.9. The summed E-state index contributed by atoms with van der Waals surface area (Å²) in [5.41, 5.74) is 4.42. The molecule has 0 radical (unpaired) electrons. The van der Waals surface area contributed by atoms with Gasteiger partial charge in [0.05, 0.1) is 25.3 Å². The van der Waals surface area contributed by atoms with E-state index in [-0.39, 0.29) is 36.4 Å². The molecule has 0 spiro atoms. The number of nitrogens with one attached hydrogen (secondary N) is 2. The number of carbonyl (C=O) groups is 1. The van der Waals surface area contributed by atoms with Crippen molar-refractivity contribution in [2.45, 2.75) is 33.9 Å². The molecule has 154 valence electrons. The second-order valence-electron chi connectivity index (χ2n) is 6.63. The Kier molecular flexibility index (Phi) is 9.98. The minimum atomic E-state index is 0. The molecule has 7 nitrogen and oxygen atoms in total. The third kappa shape index (κ3) is 6.81. The molecule has 1 aromatic carbocycles. The lowest BCUT2D eigenvalue weighted by atomic mass is 10.2. The summed E-state index contributed by atoms with van der Waals surface area (Å²) in [5.74, 6) is 0.631. The Hall–Kier alpha value is -2.10. The first-order chi connectivity index (χ1) is 12.9. The second kappa shape index (κ2) is 11.7. The van der Waals surface area contributed by atoms with Crippen LogP contribution in [0.1, 0.15) is 29.4 Å². The van der Waals surface area contributed by atoms with E-state index in [1.165, 1.54) is 5.56 Å². The lowest BCUT2D eigenvalue weighted by molar-refractivity contribution is -0.127. The number of amides is 1. The molecular weight excluding hydrogens is 467 g/mol. The molecule has 2 aromatic rings. The number of rotatable bonds is 7. The molecule has 0 aliphatic carbocycles. The molecule has 0 bridgehead atoms.